The number of methoxy groups -OCH3 is 1. The van der Waals surface area contributed by atoms with Gasteiger partial charge in [-0.1, -0.05) is 11.6 Å². The Morgan fingerprint density at radius 1 is 1.30 bits per heavy atom. The van der Waals surface area contributed by atoms with Gasteiger partial charge in [0.25, 0.3) is 5.56 Å². The van der Waals surface area contributed by atoms with Crippen molar-refractivity contribution in [3.05, 3.63) is 63.2 Å². The Labute approximate surface area is 158 Å². The first kappa shape index (κ1) is 17.1. The number of H-pyrrole nitrogens is 1. The van der Waals surface area contributed by atoms with E-state index < -0.39 is 0 Å². The van der Waals surface area contributed by atoms with E-state index in [1.54, 1.807) is 31.2 Å². The van der Waals surface area contributed by atoms with Gasteiger partial charge in [0.2, 0.25) is 0 Å². The lowest BCUT2D eigenvalue weighted by Crippen LogP contribution is -2.20. The summed E-state index contributed by atoms with van der Waals surface area (Å²) < 4.78 is 6.30. The molecule has 0 saturated heterocycles. The van der Waals surface area contributed by atoms with Gasteiger partial charge in [0.05, 0.1) is 13.3 Å². The van der Waals surface area contributed by atoms with Gasteiger partial charge in [-0.3, -0.25) is 4.79 Å². The summed E-state index contributed by atoms with van der Waals surface area (Å²) in [5.74, 6) is 0.794. The van der Waals surface area contributed by atoms with E-state index in [9.17, 15) is 9.90 Å². The normalized spacial score (nSPS) is 11.7. The van der Waals surface area contributed by atoms with Crippen molar-refractivity contribution in [3.63, 3.8) is 0 Å². The molecule has 27 heavy (non-hydrogen) atoms. The smallest absolute Gasteiger partial charge is 0.298 e. The van der Waals surface area contributed by atoms with Crippen molar-refractivity contribution in [3.8, 4) is 11.5 Å². The van der Waals surface area contributed by atoms with Crippen LogP contribution in [0.25, 0.3) is 21.9 Å². The average molecular weight is 383 g/mol. The number of fused-ring (bicyclic) bond motifs is 3. The summed E-state index contributed by atoms with van der Waals surface area (Å²) >= 11 is 6.06. The molecule has 0 atom stereocenters. The lowest BCUT2D eigenvalue weighted by molar-refractivity contribution is 0.373. The molecule has 0 unspecified atom stereocenters. The Morgan fingerprint density at radius 2 is 2.11 bits per heavy atom. The van der Waals surface area contributed by atoms with E-state index >= 15 is 0 Å². The number of benzene rings is 2. The second-order valence-electron chi connectivity index (χ2n) is 5.99. The molecule has 0 bridgehead atoms. The highest BCUT2D eigenvalue weighted by atomic mass is 35.5. The number of aryl methyl sites for hydroxylation is 1. The number of aromatic nitrogens is 3. The SMILES string of the molecule is COc1cc(C=Nn2c(C)nc3c([nH]c4ccc(Cl)cc43)c2=O)ccc1O. The van der Waals surface area contributed by atoms with Crippen molar-refractivity contribution >= 4 is 39.8 Å². The minimum Gasteiger partial charge on any atom is -0.504 e. The molecule has 2 aromatic heterocycles. The van der Waals surface area contributed by atoms with E-state index in [1.165, 1.54) is 24.1 Å². The number of hydrogen-bond donors (Lipinski definition) is 2. The monoisotopic (exact) mass is 382 g/mol. The van der Waals surface area contributed by atoms with Crippen molar-refractivity contribution in [2.75, 3.05) is 7.11 Å². The third-order valence-electron chi connectivity index (χ3n) is 4.25. The highest BCUT2D eigenvalue weighted by molar-refractivity contribution is 6.31. The maximum Gasteiger partial charge on any atom is 0.298 e. The molecule has 0 radical (unpaired) electrons. The minimum absolute atomic E-state index is 0.0304. The minimum atomic E-state index is -0.313. The van der Waals surface area contributed by atoms with Gasteiger partial charge in [-0.05, 0) is 48.9 Å². The first-order valence-electron chi connectivity index (χ1n) is 8.10. The van der Waals surface area contributed by atoms with Crippen molar-refractivity contribution in [1.82, 2.24) is 14.6 Å². The fourth-order valence-electron chi connectivity index (χ4n) is 2.92. The lowest BCUT2D eigenvalue weighted by Gasteiger charge is -2.05. The highest BCUT2D eigenvalue weighted by Crippen LogP contribution is 2.26. The van der Waals surface area contributed by atoms with Gasteiger partial charge in [-0.15, -0.1) is 0 Å². The molecule has 7 nitrogen and oxygen atoms in total. The Kier molecular flexibility index (Phi) is 4.08. The lowest BCUT2D eigenvalue weighted by atomic mass is 10.2. The van der Waals surface area contributed by atoms with Crippen LogP contribution in [0.5, 0.6) is 11.5 Å². The molecule has 0 aliphatic heterocycles. The number of ether oxygens (including phenoxy) is 1. The molecule has 136 valence electrons. The third-order valence-corrected chi connectivity index (χ3v) is 4.48. The van der Waals surface area contributed by atoms with Crippen LogP contribution in [0.15, 0.2) is 46.3 Å². The van der Waals surface area contributed by atoms with E-state index in [-0.39, 0.29) is 11.3 Å². The van der Waals surface area contributed by atoms with Crippen molar-refractivity contribution in [2.45, 2.75) is 6.92 Å². The zero-order valence-electron chi connectivity index (χ0n) is 14.5. The average Bonchev–Trinajstić information content (AvgIpc) is 3.01. The third kappa shape index (κ3) is 2.92. The number of phenols is 1. The molecule has 0 aliphatic rings. The van der Waals surface area contributed by atoms with Crippen LogP contribution in [-0.4, -0.2) is 33.1 Å². The summed E-state index contributed by atoms with van der Waals surface area (Å²) in [6.07, 6.45) is 1.50. The molecule has 0 spiro atoms. The molecule has 2 N–H and O–H groups in total. The molecule has 0 amide bonds. The van der Waals surface area contributed by atoms with Gasteiger partial charge in [-0.2, -0.15) is 9.78 Å². The predicted molar refractivity (Wildman–Crippen MR) is 105 cm³/mol. The molecular weight excluding hydrogens is 368 g/mol. The van der Waals surface area contributed by atoms with E-state index in [1.807, 2.05) is 6.07 Å². The number of phenolic OH excluding ortho intramolecular Hbond substituents is 1. The van der Waals surface area contributed by atoms with Crippen LogP contribution in [0.1, 0.15) is 11.4 Å². The largest absolute Gasteiger partial charge is 0.504 e. The van der Waals surface area contributed by atoms with Crippen molar-refractivity contribution in [1.29, 1.82) is 0 Å². The predicted octanol–water partition coefficient (Wildman–Crippen LogP) is 3.44. The number of aromatic hydroxyl groups is 1. The quantitative estimate of drug-likeness (QED) is 0.531. The van der Waals surface area contributed by atoms with Crippen LogP contribution >= 0.6 is 11.6 Å². The maximum absolute atomic E-state index is 12.9. The Morgan fingerprint density at radius 3 is 2.89 bits per heavy atom. The Hall–Kier alpha value is -3.32. The maximum atomic E-state index is 12.9. The first-order valence-corrected chi connectivity index (χ1v) is 8.47. The van der Waals surface area contributed by atoms with Crippen LogP contribution in [0.3, 0.4) is 0 Å². The fourth-order valence-corrected chi connectivity index (χ4v) is 3.09. The second-order valence-corrected chi connectivity index (χ2v) is 6.43. The molecule has 0 aliphatic carbocycles. The summed E-state index contributed by atoms with van der Waals surface area (Å²) in [5, 5.41) is 15.3. The number of aromatic amines is 1. The Balaban J connectivity index is 1.85. The summed E-state index contributed by atoms with van der Waals surface area (Å²) in [4.78, 5) is 20.5. The van der Waals surface area contributed by atoms with Crippen LogP contribution in [-0.2, 0) is 0 Å². The van der Waals surface area contributed by atoms with E-state index in [2.05, 4.69) is 15.1 Å². The van der Waals surface area contributed by atoms with Gasteiger partial charge in [0.15, 0.2) is 11.5 Å². The van der Waals surface area contributed by atoms with Gasteiger partial charge in [0.1, 0.15) is 16.9 Å². The number of rotatable bonds is 3. The summed E-state index contributed by atoms with van der Waals surface area (Å²) in [7, 11) is 1.46. The van der Waals surface area contributed by atoms with Crippen LogP contribution in [0.2, 0.25) is 5.02 Å². The molecule has 0 saturated carbocycles. The second kappa shape index (κ2) is 6.44. The fraction of sp³-hybridized carbons (Fsp3) is 0.105. The molecule has 2 heterocycles. The summed E-state index contributed by atoms with van der Waals surface area (Å²) in [6, 6.07) is 10.1. The first-order chi connectivity index (χ1) is 13.0. The van der Waals surface area contributed by atoms with Crippen LogP contribution < -0.4 is 10.3 Å². The van der Waals surface area contributed by atoms with Crippen molar-refractivity contribution in [2.24, 2.45) is 5.10 Å². The van der Waals surface area contributed by atoms with Gasteiger partial charge >= 0.3 is 0 Å². The summed E-state index contributed by atoms with van der Waals surface area (Å²) in [6.45, 7) is 1.71. The number of hydrogen-bond acceptors (Lipinski definition) is 5. The molecule has 0 fully saturated rings. The van der Waals surface area contributed by atoms with Crippen molar-refractivity contribution < 1.29 is 9.84 Å². The van der Waals surface area contributed by atoms with E-state index in [0.29, 0.717) is 33.2 Å². The number of nitrogens with one attached hydrogen (secondary N) is 1. The summed E-state index contributed by atoms with van der Waals surface area (Å²) in [5.41, 5.74) is 2.06. The van der Waals surface area contributed by atoms with E-state index in [4.69, 9.17) is 16.3 Å². The zero-order chi connectivity index (χ0) is 19.1. The standard InChI is InChI=1S/C19H15ClN4O3/c1-10-22-17-13-8-12(20)4-5-14(13)23-18(17)19(26)24(10)21-9-11-3-6-15(25)16(7-11)27-2/h3-9,23,25H,1-2H3. The molecule has 4 rings (SSSR count). The number of halogens is 1. The molecular formula is C19H15ClN4O3. The highest BCUT2D eigenvalue weighted by Gasteiger charge is 2.13. The molecule has 4 aromatic rings. The van der Waals surface area contributed by atoms with Gasteiger partial charge in [-0.25, -0.2) is 4.98 Å². The number of nitrogens with zero attached hydrogens (tertiary/aromatic N) is 3. The zero-order valence-corrected chi connectivity index (χ0v) is 15.3. The topological polar surface area (TPSA) is 92.5 Å². The van der Waals surface area contributed by atoms with Gasteiger partial charge in [0, 0.05) is 15.9 Å². The van der Waals surface area contributed by atoms with E-state index in [0.717, 1.165) is 10.9 Å². The van der Waals surface area contributed by atoms with Crippen LogP contribution in [0, 0.1) is 6.92 Å². The van der Waals surface area contributed by atoms with Crippen LogP contribution in [0.4, 0.5) is 0 Å². The van der Waals surface area contributed by atoms with Gasteiger partial charge < -0.3 is 14.8 Å². The Bertz CT molecular complexity index is 1270. The molecule has 2 aromatic carbocycles. The molecule has 8 heteroatoms.